The largest absolute Gasteiger partial charge is 0.503 e. The Bertz CT molecular complexity index is 2770. The topological polar surface area (TPSA) is 156 Å². The molecule has 13 nitrogen and oxygen atoms in total. The lowest BCUT2D eigenvalue weighted by Gasteiger charge is -2.28. The molecule has 3 amide bonds. The normalized spacial score (nSPS) is 19.6. The average molecular weight is 821 g/mol. The molecule has 0 spiro atoms. The standard InChI is InChI=1S/C44H43F3N8O5/c1-52-37-15-24(6-11-35(37)55(44(52)60)36-12-13-38(56)50-43(36)59)3-2-14-53-21-29-16-28(20-48-34(29)23-53)26-7-8-27-22-54(51-33(27)17-26)30-9-4-25(5-10-30)19-49-42(58)31-18-32(45)41(57)40(47)39(31)46/h6-8,11,15-18,20,22,25,30,36,57H,2-5,9-10,12-14,19,21,23H2,1H3,(H,49,58)(H,50,56,59)/t25-,30-,36?. The first-order valence-corrected chi connectivity index (χ1v) is 20.3. The van der Waals surface area contributed by atoms with E-state index in [2.05, 4.69) is 46.0 Å². The fourth-order valence-corrected chi connectivity index (χ4v) is 9.04. The number of amides is 3. The van der Waals surface area contributed by atoms with E-state index in [1.165, 1.54) is 10.1 Å². The van der Waals surface area contributed by atoms with Crippen molar-refractivity contribution in [3.05, 3.63) is 111 Å². The second kappa shape index (κ2) is 15.7. The summed E-state index contributed by atoms with van der Waals surface area (Å²) >= 11 is 0. The first-order valence-electron chi connectivity index (χ1n) is 20.3. The number of nitrogens with zero attached hydrogens (tertiary/aromatic N) is 6. The highest BCUT2D eigenvalue weighted by Crippen LogP contribution is 2.34. The van der Waals surface area contributed by atoms with Crippen LogP contribution in [0.25, 0.3) is 33.1 Å². The SMILES string of the molecule is Cn1c(=O)n(C2CCC(=O)NC2=O)c2ccc(CCCN3Cc4cc(-c5ccc6cn([C@H]7CC[C@H](CNC(=O)c8cc(F)c(O)c(F)c8F)CC7)nc6c5)cnc4C3)cc21. The molecule has 0 radical (unpaired) electrons. The Kier molecular flexibility index (Phi) is 10.3. The summed E-state index contributed by atoms with van der Waals surface area (Å²) in [5.74, 6) is -7.80. The molecule has 1 saturated heterocycles. The maximum Gasteiger partial charge on any atom is 0.329 e. The first-order chi connectivity index (χ1) is 28.9. The Hall–Kier alpha value is -6.29. The van der Waals surface area contributed by atoms with E-state index in [0.717, 1.165) is 97.0 Å². The second-order valence-corrected chi connectivity index (χ2v) is 16.3. The molecule has 16 heteroatoms. The molecule has 3 N–H and O–H groups in total. The molecule has 1 saturated carbocycles. The van der Waals surface area contributed by atoms with Crippen molar-refractivity contribution >= 4 is 39.7 Å². The Morgan fingerprint density at radius 3 is 2.55 bits per heavy atom. The lowest BCUT2D eigenvalue weighted by molar-refractivity contribution is -0.135. The summed E-state index contributed by atoms with van der Waals surface area (Å²) in [5.41, 5.74) is 6.69. The molecule has 2 fully saturated rings. The Morgan fingerprint density at radius 1 is 0.933 bits per heavy atom. The molecule has 310 valence electrons. The van der Waals surface area contributed by atoms with Gasteiger partial charge in [-0.3, -0.25) is 43.4 Å². The number of aromatic nitrogens is 5. The summed E-state index contributed by atoms with van der Waals surface area (Å²) in [6, 6.07) is 14.3. The third-order valence-electron chi connectivity index (χ3n) is 12.4. The Balaban J connectivity index is 0.782. The van der Waals surface area contributed by atoms with E-state index >= 15 is 0 Å². The van der Waals surface area contributed by atoms with Gasteiger partial charge in [-0.1, -0.05) is 18.2 Å². The van der Waals surface area contributed by atoms with E-state index in [1.54, 1.807) is 11.6 Å². The molecule has 3 aromatic carbocycles. The summed E-state index contributed by atoms with van der Waals surface area (Å²) in [4.78, 5) is 57.1. The number of aryl methyl sites for hydroxylation is 2. The van der Waals surface area contributed by atoms with Crippen LogP contribution in [-0.4, -0.2) is 64.7 Å². The maximum absolute atomic E-state index is 14.2. The molecular formula is C44H43F3N8O5. The Labute approximate surface area is 341 Å². The van der Waals surface area contributed by atoms with E-state index in [1.807, 2.05) is 29.1 Å². The molecule has 9 rings (SSSR count). The van der Waals surface area contributed by atoms with Crippen LogP contribution in [0.2, 0.25) is 0 Å². The number of nitrogens with one attached hydrogen (secondary N) is 2. The van der Waals surface area contributed by atoms with Gasteiger partial charge < -0.3 is 10.4 Å². The molecular weight excluding hydrogens is 778 g/mol. The van der Waals surface area contributed by atoms with E-state index in [9.17, 15) is 37.5 Å². The van der Waals surface area contributed by atoms with Gasteiger partial charge in [0.25, 0.3) is 5.91 Å². The summed E-state index contributed by atoms with van der Waals surface area (Å²) in [6.45, 7) is 2.68. The van der Waals surface area contributed by atoms with Crippen molar-refractivity contribution in [3.8, 4) is 16.9 Å². The lowest BCUT2D eigenvalue weighted by Crippen LogP contribution is -2.44. The molecule has 1 aliphatic carbocycles. The number of pyridine rings is 1. The summed E-state index contributed by atoms with van der Waals surface area (Å²) < 4.78 is 46.7. The van der Waals surface area contributed by atoms with E-state index in [-0.39, 0.29) is 36.5 Å². The van der Waals surface area contributed by atoms with Crippen molar-refractivity contribution in [2.24, 2.45) is 13.0 Å². The van der Waals surface area contributed by atoms with Gasteiger partial charge in [-0.2, -0.15) is 9.49 Å². The number of carbonyl (C=O) groups excluding carboxylic acids is 3. The molecule has 5 heterocycles. The number of aromatic hydroxyl groups is 1. The van der Waals surface area contributed by atoms with Crippen LogP contribution in [0.3, 0.4) is 0 Å². The van der Waals surface area contributed by atoms with Gasteiger partial charge in [0.2, 0.25) is 17.6 Å². The predicted octanol–water partition coefficient (Wildman–Crippen LogP) is 5.96. The van der Waals surface area contributed by atoms with Gasteiger partial charge in [0.1, 0.15) is 6.04 Å². The zero-order valence-corrected chi connectivity index (χ0v) is 32.9. The highest BCUT2D eigenvalue weighted by Gasteiger charge is 2.32. The van der Waals surface area contributed by atoms with Crippen LogP contribution in [0.5, 0.6) is 5.75 Å². The number of rotatable bonds is 10. The molecule has 3 aromatic heterocycles. The van der Waals surface area contributed by atoms with Crippen LogP contribution in [0, 0.1) is 23.4 Å². The number of imide groups is 1. The third kappa shape index (κ3) is 7.33. The molecule has 2 aliphatic heterocycles. The van der Waals surface area contributed by atoms with Gasteiger partial charge in [0.05, 0.1) is 33.8 Å². The number of phenols is 1. The van der Waals surface area contributed by atoms with Crippen LogP contribution in [-0.2, 0) is 36.1 Å². The highest BCUT2D eigenvalue weighted by molar-refractivity contribution is 6.00. The minimum atomic E-state index is -1.79. The van der Waals surface area contributed by atoms with Crippen molar-refractivity contribution < 1.29 is 32.7 Å². The number of hydrogen-bond donors (Lipinski definition) is 3. The van der Waals surface area contributed by atoms with Gasteiger partial charge >= 0.3 is 5.69 Å². The highest BCUT2D eigenvalue weighted by atomic mass is 19.2. The zero-order chi connectivity index (χ0) is 41.8. The molecule has 1 atom stereocenters. The number of fused-ring (bicyclic) bond motifs is 3. The van der Waals surface area contributed by atoms with Crippen LogP contribution < -0.4 is 16.3 Å². The van der Waals surface area contributed by atoms with Crippen LogP contribution in [0.1, 0.15) is 84.2 Å². The number of carbonyl (C=O) groups is 3. The quantitative estimate of drug-likeness (QED) is 0.113. The van der Waals surface area contributed by atoms with Crippen LogP contribution >= 0.6 is 0 Å². The Morgan fingerprint density at radius 2 is 1.75 bits per heavy atom. The van der Waals surface area contributed by atoms with Gasteiger partial charge in [0, 0.05) is 56.4 Å². The van der Waals surface area contributed by atoms with Crippen molar-refractivity contribution in [2.75, 3.05) is 13.1 Å². The fraction of sp³-hybridized carbons (Fsp3) is 0.364. The maximum atomic E-state index is 14.2. The summed E-state index contributed by atoms with van der Waals surface area (Å²) in [7, 11) is 1.71. The van der Waals surface area contributed by atoms with Crippen LogP contribution in [0.15, 0.2) is 65.7 Å². The fourth-order valence-electron chi connectivity index (χ4n) is 9.04. The number of hydrogen-bond acceptors (Lipinski definition) is 8. The zero-order valence-electron chi connectivity index (χ0n) is 32.9. The van der Waals surface area contributed by atoms with Gasteiger partial charge in [-0.25, -0.2) is 13.6 Å². The summed E-state index contributed by atoms with van der Waals surface area (Å²) in [5, 5.41) is 20.1. The number of piperidine rings is 1. The smallest absolute Gasteiger partial charge is 0.329 e. The minimum Gasteiger partial charge on any atom is -0.503 e. The van der Waals surface area contributed by atoms with Crippen molar-refractivity contribution in [3.63, 3.8) is 0 Å². The number of halogens is 3. The minimum absolute atomic E-state index is 0.113. The molecule has 60 heavy (non-hydrogen) atoms. The van der Waals surface area contributed by atoms with E-state index < -0.39 is 46.6 Å². The third-order valence-corrected chi connectivity index (χ3v) is 12.4. The van der Waals surface area contributed by atoms with Crippen molar-refractivity contribution in [1.82, 2.24) is 39.4 Å². The van der Waals surface area contributed by atoms with Crippen molar-refractivity contribution in [1.29, 1.82) is 0 Å². The first kappa shape index (κ1) is 39.2. The van der Waals surface area contributed by atoms with E-state index in [0.29, 0.717) is 18.0 Å². The molecule has 1 unspecified atom stereocenters. The number of phenolic OH excluding ortho intramolecular Hbond substituents is 1. The molecule has 3 aliphatic rings. The monoisotopic (exact) mass is 820 g/mol. The predicted molar refractivity (Wildman–Crippen MR) is 215 cm³/mol. The average Bonchev–Trinajstić information content (AvgIpc) is 3.93. The van der Waals surface area contributed by atoms with Gasteiger partial charge in [0.15, 0.2) is 17.4 Å². The van der Waals surface area contributed by atoms with Gasteiger partial charge in [-0.15, -0.1) is 0 Å². The second-order valence-electron chi connectivity index (χ2n) is 16.3. The number of imidazole rings is 1. The number of benzene rings is 3. The van der Waals surface area contributed by atoms with Gasteiger partial charge in [-0.05, 0) is 104 Å². The summed E-state index contributed by atoms with van der Waals surface area (Å²) in [6.07, 6.45) is 9.42. The van der Waals surface area contributed by atoms with E-state index in [4.69, 9.17) is 10.1 Å². The lowest BCUT2D eigenvalue weighted by atomic mass is 9.86. The van der Waals surface area contributed by atoms with Crippen molar-refractivity contribution in [2.45, 2.75) is 76.5 Å². The van der Waals surface area contributed by atoms with Crippen LogP contribution in [0.4, 0.5) is 13.2 Å². The molecule has 6 aromatic rings. The molecule has 0 bridgehead atoms.